The molecule has 0 rings (SSSR count). The first-order chi connectivity index (χ1) is 11.9. The molecular weight excluding hydrogens is 304 g/mol. The van der Waals surface area contributed by atoms with E-state index >= 15 is 0 Å². The van der Waals surface area contributed by atoms with Crippen LogP contribution < -0.4 is 5.32 Å². The van der Waals surface area contributed by atoms with E-state index in [9.17, 15) is 0 Å². The monoisotopic (exact) mass is 340 g/mol. The number of amidine groups is 1. The Morgan fingerprint density at radius 3 is 2.48 bits per heavy atom. The summed E-state index contributed by atoms with van der Waals surface area (Å²) in [6.45, 7) is 17.0. The predicted octanol–water partition coefficient (Wildman–Crippen LogP) is 6.40. The maximum absolute atomic E-state index is 5.49. The highest BCUT2D eigenvalue weighted by atomic mass is 15.0. The van der Waals surface area contributed by atoms with Gasteiger partial charge >= 0.3 is 0 Å². The lowest BCUT2D eigenvalue weighted by molar-refractivity contribution is 0.509. The molecule has 0 aromatic heterocycles. The molecule has 0 radical (unpaired) electrons. The molecular formula is C23H36N2. The van der Waals surface area contributed by atoms with Crippen LogP contribution in [0.15, 0.2) is 52.8 Å². The quantitative estimate of drug-likeness (QED) is 0.211. The Morgan fingerprint density at radius 2 is 2.00 bits per heavy atom. The van der Waals surface area contributed by atoms with Crippen molar-refractivity contribution in [3.8, 4) is 12.3 Å². The topological polar surface area (TPSA) is 24.4 Å². The molecule has 0 fully saturated rings. The van der Waals surface area contributed by atoms with Gasteiger partial charge in [-0.05, 0) is 44.6 Å². The van der Waals surface area contributed by atoms with Gasteiger partial charge in [-0.15, -0.1) is 6.42 Å². The molecule has 138 valence electrons. The minimum absolute atomic E-state index is 0.432. The normalized spacial score (nSPS) is 16.2. The second kappa shape index (κ2) is 13.3. The van der Waals surface area contributed by atoms with Gasteiger partial charge in [0.2, 0.25) is 0 Å². The summed E-state index contributed by atoms with van der Waals surface area (Å²) < 4.78 is 0. The second-order valence-electron chi connectivity index (χ2n) is 6.65. The van der Waals surface area contributed by atoms with Crippen LogP contribution in [0, 0.1) is 24.2 Å². The number of aliphatic imine (C=N–C) groups is 1. The van der Waals surface area contributed by atoms with E-state index in [0.29, 0.717) is 11.8 Å². The molecule has 2 unspecified atom stereocenters. The van der Waals surface area contributed by atoms with E-state index in [-0.39, 0.29) is 0 Å². The van der Waals surface area contributed by atoms with E-state index in [2.05, 4.69) is 57.4 Å². The van der Waals surface area contributed by atoms with Gasteiger partial charge in [0.25, 0.3) is 0 Å². The third kappa shape index (κ3) is 8.59. The van der Waals surface area contributed by atoms with Crippen molar-refractivity contribution < 1.29 is 0 Å². The van der Waals surface area contributed by atoms with Crippen molar-refractivity contribution in [3.63, 3.8) is 0 Å². The number of rotatable bonds is 10. The van der Waals surface area contributed by atoms with E-state index in [1.54, 1.807) is 12.3 Å². The summed E-state index contributed by atoms with van der Waals surface area (Å²) >= 11 is 0. The van der Waals surface area contributed by atoms with E-state index in [0.717, 1.165) is 24.3 Å². The van der Waals surface area contributed by atoms with E-state index < -0.39 is 0 Å². The van der Waals surface area contributed by atoms with Gasteiger partial charge in [0.05, 0.1) is 0 Å². The molecule has 0 saturated carbocycles. The first-order valence-electron chi connectivity index (χ1n) is 9.39. The Morgan fingerprint density at radius 1 is 1.32 bits per heavy atom. The van der Waals surface area contributed by atoms with Crippen LogP contribution in [0.4, 0.5) is 0 Å². The zero-order chi connectivity index (χ0) is 19.2. The van der Waals surface area contributed by atoms with E-state index in [4.69, 9.17) is 6.42 Å². The zero-order valence-corrected chi connectivity index (χ0v) is 17.0. The predicted molar refractivity (Wildman–Crippen MR) is 113 cm³/mol. The van der Waals surface area contributed by atoms with Crippen molar-refractivity contribution in [2.45, 2.75) is 67.2 Å². The lowest BCUT2D eigenvalue weighted by Gasteiger charge is -2.23. The fraction of sp³-hybridized carbons (Fsp3) is 0.522. The van der Waals surface area contributed by atoms with E-state index in [1.165, 1.54) is 24.1 Å². The van der Waals surface area contributed by atoms with Crippen LogP contribution in [0.25, 0.3) is 0 Å². The standard InChI is InChI=1S/C23H36N2/c1-9-14-18(6)17-20(8)22(19(7)12-4)25-23(24-13-5)21(15-10-2)16-11-3/h2,11,13,15-16,18-19H,5,9,12,14,17H2,1,3-4,6-8H3,(H,24,25)/b16-11?,21-15+,22-20+. The van der Waals surface area contributed by atoms with Crippen molar-refractivity contribution in [2.75, 3.05) is 0 Å². The Bertz CT molecular complexity index is 567. The van der Waals surface area contributed by atoms with Gasteiger partial charge in [-0.3, -0.25) is 0 Å². The minimum Gasteiger partial charge on any atom is -0.343 e. The van der Waals surface area contributed by atoms with Crippen molar-refractivity contribution in [1.29, 1.82) is 0 Å². The summed E-state index contributed by atoms with van der Waals surface area (Å²) in [5.74, 6) is 4.47. The Balaban J connectivity index is 5.81. The number of hydrogen-bond donors (Lipinski definition) is 1. The minimum atomic E-state index is 0.432. The van der Waals surface area contributed by atoms with Crippen molar-refractivity contribution >= 4 is 5.84 Å². The van der Waals surface area contributed by atoms with Crippen molar-refractivity contribution in [3.05, 3.63) is 47.9 Å². The highest BCUT2D eigenvalue weighted by Crippen LogP contribution is 2.24. The number of terminal acetylenes is 1. The second-order valence-corrected chi connectivity index (χ2v) is 6.65. The lowest BCUT2D eigenvalue weighted by Crippen LogP contribution is -2.28. The number of nitrogens with zero attached hydrogens (tertiary/aromatic N) is 1. The Kier molecular flexibility index (Phi) is 12.2. The molecule has 1 N–H and O–H groups in total. The Labute approximate surface area is 155 Å². The van der Waals surface area contributed by atoms with Gasteiger partial charge in [-0.2, -0.15) is 0 Å². The van der Waals surface area contributed by atoms with Crippen molar-refractivity contribution in [1.82, 2.24) is 5.32 Å². The van der Waals surface area contributed by atoms with E-state index in [1.807, 2.05) is 19.1 Å². The molecule has 0 heterocycles. The molecule has 0 amide bonds. The smallest absolute Gasteiger partial charge is 0.137 e. The van der Waals surface area contributed by atoms with Gasteiger partial charge in [-0.25, -0.2) is 4.99 Å². The number of nitrogens with one attached hydrogen (secondary N) is 1. The molecule has 0 aliphatic heterocycles. The molecule has 0 aliphatic rings. The average Bonchev–Trinajstić information content (AvgIpc) is 2.57. The fourth-order valence-electron chi connectivity index (χ4n) is 2.94. The summed E-state index contributed by atoms with van der Waals surface area (Å²) in [6.07, 6.45) is 17.4. The lowest BCUT2D eigenvalue weighted by atomic mass is 9.92. The molecule has 2 atom stereocenters. The molecule has 0 bridgehead atoms. The molecule has 25 heavy (non-hydrogen) atoms. The summed E-state index contributed by atoms with van der Waals surface area (Å²) in [5.41, 5.74) is 3.53. The third-order valence-corrected chi connectivity index (χ3v) is 4.33. The third-order valence-electron chi connectivity index (χ3n) is 4.33. The van der Waals surface area contributed by atoms with Crippen LogP contribution in [0.2, 0.25) is 0 Å². The van der Waals surface area contributed by atoms with Gasteiger partial charge in [0.15, 0.2) is 0 Å². The van der Waals surface area contributed by atoms with Gasteiger partial charge < -0.3 is 5.32 Å². The maximum atomic E-state index is 5.49. The fourth-order valence-corrected chi connectivity index (χ4v) is 2.94. The van der Waals surface area contributed by atoms with Gasteiger partial charge in [0, 0.05) is 17.5 Å². The van der Waals surface area contributed by atoms with Crippen LogP contribution >= 0.6 is 0 Å². The average molecular weight is 341 g/mol. The van der Waals surface area contributed by atoms with Crippen LogP contribution in [0.5, 0.6) is 0 Å². The molecule has 0 spiro atoms. The zero-order valence-electron chi connectivity index (χ0n) is 17.0. The SMILES string of the molecule is C#C/C=C(\C=CC)C(=NC=C)N/C(=C(\C)CC(C)CCC)C(C)CC. The largest absolute Gasteiger partial charge is 0.343 e. The summed E-state index contributed by atoms with van der Waals surface area (Å²) in [5, 5.41) is 3.57. The number of allylic oxidation sites excluding steroid dienone is 4. The highest BCUT2D eigenvalue weighted by molar-refractivity contribution is 6.02. The summed E-state index contributed by atoms with van der Waals surface area (Å²) in [7, 11) is 0. The molecule has 0 aromatic rings. The Hall–Kier alpha value is -2.01. The first-order valence-corrected chi connectivity index (χ1v) is 9.39. The van der Waals surface area contributed by atoms with Crippen LogP contribution in [0.3, 0.4) is 0 Å². The summed E-state index contributed by atoms with van der Waals surface area (Å²) in [6, 6.07) is 0. The maximum Gasteiger partial charge on any atom is 0.137 e. The van der Waals surface area contributed by atoms with Gasteiger partial charge in [-0.1, -0.05) is 70.8 Å². The number of hydrogen-bond acceptors (Lipinski definition) is 1. The van der Waals surface area contributed by atoms with Crippen LogP contribution in [0.1, 0.15) is 67.2 Å². The summed E-state index contributed by atoms with van der Waals surface area (Å²) in [4.78, 5) is 4.44. The molecule has 0 aromatic carbocycles. The van der Waals surface area contributed by atoms with Crippen LogP contribution in [-0.4, -0.2) is 5.84 Å². The first kappa shape index (κ1) is 23.0. The van der Waals surface area contributed by atoms with Gasteiger partial charge in [0.1, 0.15) is 5.84 Å². The molecule has 2 nitrogen and oxygen atoms in total. The van der Waals surface area contributed by atoms with Crippen molar-refractivity contribution in [2.24, 2.45) is 16.8 Å². The molecule has 0 aliphatic carbocycles. The molecule has 0 saturated heterocycles. The highest BCUT2D eigenvalue weighted by Gasteiger charge is 2.15. The molecule has 2 heteroatoms. The van der Waals surface area contributed by atoms with Crippen LogP contribution in [-0.2, 0) is 0 Å².